The summed E-state index contributed by atoms with van der Waals surface area (Å²) in [6.45, 7) is 3.63. The van der Waals surface area contributed by atoms with Crippen LogP contribution in [-0.2, 0) is 21.4 Å². The molecule has 1 aromatic carbocycles. The van der Waals surface area contributed by atoms with Gasteiger partial charge in [0.2, 0.25) is 0 Å². The Balaban J connectivity index is 1.52. The van der Waals surface area contributed by atoms with E-state index in [4.69, 9.17) is 4.74 Å². The van der Waals surface area contributed by atoms with Gasteiger partial charge in [0.15, 0.2) is 0 Å². The third-order valence-electron chi connectivity index (χ3n) is 6.15. The average Bonchev–Trinajstić information content (AvgIpc) is 3.41. The van der Waals surface area contributed by atoms with Crippen molar-refractivity contribution in [3.05, 3.63) is 59.7 Å². The molecule has 0 spiro atoms. The highest BCUT2D eigenvalue weighted by atomic mass is 19.1. The van der Waals surface area contributed by atoms with Crippen LogP contribution < -0.4 is 0 Å². The van der Waals surface area contributed by atoms with Crippen molar-refractivity contribution in [2.75, 3.05) is 26.2 Å². The predicted octanol–water partition coefficient (Wildman–Crippen LogP) is 3.12. The summed E-state index contributed by atoms with van der Waals surface area (Å²) >= 11 is 0. The molecule has 8 heteroatoms. The minimum absolute atomic E-state index is 0.113. The molecule has 0 bridgehead atoms. The number of hydrogen-bond donors (Lipinski definition) is 0. The second-order valence-corrected chi connectivity index (χ2v) is 8.38. The third-order valence-corrected chi connectivity index (χ3v) is 6.15. The number of hydrogen-bond acceptors (Lipinski definition) is 5. The van der Waals surface area contributed by atoms with Crippen LogP contribution in [0.2, 0.25) is 0 Å². The maximum Gasteiger partial charge on any atom is 0.310 e. The van der Waals surface area contributed by atoms with E-state index < -0.39 is 0 Å². The van der Waals surface area contributed by atoms with E-state index in [1.807, 2.05) is 34.8 Å². The summed E-state index contributed by atoms with van der Waals surface area (Å²) in [6.07, 6.45) is 4.14. The van der Waals surface area contributed by atoms with Crippen LogP contribution in [0.25, 0.3) is 0 Å². The molecule has 0 radical (unpaired) electrons. The van der Waals surface area contributed by atoms with Crippen LogP contribution in [0.1, 0.15) is 43.5 Å². The van der Waals surface area contributed by atoms with E-state index in [2.05, 4.69) is 5.10 Å². The number of carbonyl (C=O) groups excluding carboxylic acids is 2. The molecule has 32 heavy (non-hydrogen) atoms. The Morgan fingerprint density at radius 1 is 1.22 bits per heavy atom. The molecular weight excluding hydrogens is 411 g/mol. The second-order valence-electron chi connectivity index (χ2n) is 8.38. The van der Waals surface area contributed by atoms with Gasteiger partial charge < -0.3 is 9.30 Å². The molecule has 1 amide bonds. The predicted molar refractivity (Wildman–Crippen MR) is 118 cm³/mol. The van der Waals surface area contributed by atoms with Crippen molar-refractivity contribution in [3.63, 3.8) is 0 Å². The van der Waals surface area contributed by atoms with Gasteiger partial charge in [-0.25, -0.2) is 9.40 Å². The fourth-order valence-electron chi connectivity index (χ4n) is 4.52. The van der Waals surface area contributed by atoms with Crippen LogP contribution in [0.5, 0.6) is 0 Å². The average molecular weight is 441 g/mol. The third kappa shape index (κ3) is 4.75. The molecule has 2 atom stereocenters. The quantitative estimate of drug-likeness (QED) is 0.648. The maximum absolute atomic E-state index is 13.4. The number of esters is 1. The van der Waals surface area contributed by atoms with Crippen LogP contribution in [0, 0.1) is 11.7 Å². The fourth-order valence-corrected chi connectivity index (χ4v) is 4.52. The van der Waals surface area contributed by atoms with Gasteiger partial charge in [0.05, 0.1) is 24.8 Å². The molecule has 2 aromatic rings. The number of halogens is 1. The number of aryl methyl sites for hydroxylation is 1. The SMILES string of the molecule is CCOC(=O)[C@@H]1CCCN(CC(=O)N2N=C(c3ccc(F)cc3)C[C@H]2c2cccn2C)C1. The van der Waals surface area contributed by atoms with Crippen molar-refractivity contribution in [1.29, 1.82) is 0 Å². The summed E-state index contributed by atoms with van der Waals surface area (Å²) in [7, 11) is 1.95. The smallest absolute Gasteiger partial charge is 0.310 e. The van der Waals surface area contributed by atoms with Crippen LogP contribution >= 0.6 is 0 Å². The van der Waals surface area contributed by atoms with Gasteiger partial charge in [0.1, 0.15) is 11.9 Å². The van der Waals surface area contributed by atoms with Gasteiger partial charge in [-0.1, -0.05) is 12.1 Å². The molecule has 1 aromatic heterocycles. The molecule has 0 aliphatic carbocycles. The van der Waals surface area contributed by atoms with Crippen LogP contribution in [0.15, 0.2) is 47.7 Å². The Morgan fingerprint density at radius 3 is 2.69 bits per heavy atom. The molecule has 0 saturated carbocycles. The Hall–Kier alpha value is -3.00. The van der Waals surface area contributed by atoms with E-state index in [-0.39, 0.29) is 36.2 Å². The fraction of sp³-hybridized carbons (Fsp3) is 0.458. The lowest BCUT2D eigenvalue weighted by Crippen LogP contribution is -2.45. The topological polar surface area (TPSA) is 67.1 Å². The van der Waals surface area contributed by atoms with Crippen molar-refractivity contribution in [2.24, 2.45) is 18.1 Å². The van der Waals surface area contributed by atoms with Crippen molar-refractivity contribution < 1.29 is 18.7 Å². The van der Waals surface area contributed by atoms with Crippen molar-refractivity contribution in [2.45, 2.75) is 32.2 Å². The standard InChI is InChI=1S/C24H29FN4O3/c1-3-32-24(31)18-6-4-13-28(15-18)16-23(30)29-22(21-7-5-12-27(21)2)14-20(26-29)17-8-10-19(25)11-9-17/h5,7-12,18,22H,3-4,6,13-16H2,1-2H3/t18-,22+/m1/s1. The van der Waals surface area contributed by atoms with E-state index in [1.54, 1.807) is 24.1 Å². The van der Waals surface area contributed by atoms with Gasteiger partial charge in [-0.15, -0.1) is 0 Å². The minimum Gasteiger partial charge on any atom is -0.466 e. The zero-order valence-corrected chi connectivity index (χ0v) is 18.5. The summed E-state index contributed by atoms with van der Waals surface area (Å²) in [5, 5.41) is 6.22. The van der Waals surface area contributed by atoms with Crippen LogP contribution in [0.3, 0.4) is 0 Å². The summed E-state index contributed by atoms with van der Waals surface area (Å²) in [4.78, 5) is 27.5. The minimum atomic E-state index is -0.305. The number of likely N-dealkylation sites (tertiary alicyclic amines) is 1. The molecule has 7 nitrogen and oxygen atoms in total. The first-order valence-corrected chi connectivity index (χ1v) is 11.1. The highest BCUT2D eigenvalue weighted by molar-refractivity contribution is 6.03. The molecule has 4 rings (SSSR count). The molecule has 0 N–H and O–H groups in total. The monoisotopic (exact) mass is 440 g/mol. The lowest BCUT2D eigenvalue weighted by Gasteiger charge is -2.32. The molecule has 3 heterocycles. The summed E-state index contributed by atoms with van der Waals surface area (Å²) < 4.78 is 20.5. The van der Waals surface area contributed by atoms with Gasteiger partial charge in [-0.3, -0.25) is 14.5 Å². The molecule has 170 valence electrons. The highest BCUT2D eigenvalue weighted by Gasteiger charge is 2.36. The molecule has 1 fully saturated rings. The van der Waals surface area contributed by atoms with Gasteiger partial charge in [0.25, 0.3) is 5.91 Å². The van der Waals surface area contributed by atoms with E-state index in [0.29, 0.717) is 19.6 Å². The first kappa shape index (κ1) is 22.2. The Kier molecular flexibility index (Phi) is 6.69. The van der Waals surface area contributed by atoms with E-state index in [1.165, 1.54) is 12.1 Å². The first-order chi connectivity index (χ1) is 15.5. The van der Waals surface area contributed by atoms with Crippen molar-refractivity contribution in [1.82, 2.24) is 14.5 Å². The largest absolute Gasteiger partial charge is 0.466 e. The number of amides is 1. The number of nitrogens with zero attached hydrogens (tertiary/aromatic N) is 4. The normalized spacial score (nSPS) is 21.5. The van der Waals surface area contributed by atoms with Crippen LogP contribution in [0.4, 0.5) is 4.39 Å². The molecule has 0 unspecified atom stereocenters. The number of benzene rings is 1. The Labute approximate surface area is 187 Å². The molecular formula is C24H29FN4O3. The summed E-state index contributed by atoms with van der Waals surface area (Å²) in [5.41, 5.74) is 2.55. The molecule has 2 aliphatic rings. The maximum atomic E-state index is 13.4. The van der Waals surface area contributed by atoms with Gasteiger partial charge >= 0.3 is 5.97 Å². The van der Waals surface area contributed by atoms with E-state index in [9.17, 15) is 14.0 Å². The van der Waals surface area contributed by atoms with Gasteiger partial charge in [-0.2, -0.15) is 5.10 Å². The first-order valence-electron chi connectivity index (χ1n) is 11.1. The summed E-state index contributed by atoms with van der Waals surface area (Å²) in [5.74, 6) is -0.806. The van der Waals surface area contributed by atoms with Gasteiger partial charge in [-0.05, 0) is 56.1 Å². The zero-order valence-electron chi connectivity index (χ0n) is 18.5. The lowest BCUT2D eigenvalue weighted by atomic mass is 9.98. The number of carbonyl (C=O) groups is 2. The molecule has 2 aliphatic heterocycles. The number of hydrazone groups is 1. The Bertz CT molecular complexity index is 1000. The number of ether oxygens (including phenoxy) is 1. The van der Waals surface area contributed by atoms with Crippen molar-refractivity contribution >= 4 is 17.6 Å². The Morgan fingerprint density at radius 2 is 2.00 bits per heavy atom. The number of aromatic nitrogens is 1. The van der Waals surface area contributed by atoms with Crippen molar-refractivity contribution in [3.8, 4) is 0 Å². The number of rotatable bonds is 6. The lowest BCUT2D eigenvalue weighted by molar-refractivity contribution is -0.150. The van der Waals surface area contributed by atoms with E-state index in [0.717, 1.165) is 36.4 Å². The van der Waals surface area contributed by atoms with Crippen LogP contribution in [-0.4, -0.2) is 58.3 Å². The second kappa shape index (κ2) is 9.65. The molecule has 1 saturated heterocycles. The zero-order chi connectivity index (χ0) is 22.7. The van der Waals surface area contributed by atoms with E-state index >= 15 is 0 Å². The number of piperidine rings is 1. The highest BCUT2D eigenvalue weighted by Crippen LogP contribution is 2.33. The summed E-state index contributed by atoms with van der Waals surface area (Å²) in [6, 6.07) is 9.91. The van der Waals surface area contributed by atoms with Gasteiger partial charge in [0, 0.05) is 31.9 Å².